The highest BCUT2D eigenvalue weighted by molar-refractivity contribution is 5.85. The summed E-state index contributed by atoms with van der Waals surface area (Å²) >= 11 is 0. The molecule has 0 aromatic heterocycles. The van der Waals surface area contributed by atoms with E-state index in [1.54, 1.807) is 6.92 Å². The van der Waals surface area contributed by atoms with Crippen molar-refractivity contribution in [1.82, 2.24) is 5.32 Å². The van der Waals surface area contributed by atoms with Crippen molar-refractivity contribution in [3.05, 3.63) is 12.8 Å². The van der Waals surface area contributed by atoms with Crippen molar-refractivity contribution >= 4 is 5.91 Å². The zero-order valence-corrected chi connectivity index (χ0v) is 9.71. The predicted molar refractivity (Wildman–Crippen MR) is 61.3 cm³/mol. The highest BCUT2D eigenvalue weighted by atomic mass is 16.5. The van der Waals surface area contributed by atoms with Gasteiger partial charge in [0.05, 0.1) is 18.4 Å². The standard InChI is InChI=1S/C11H22N2O2/c1-4-7-11(3,12)10(14)13-8-6-9-15-5-2/h5H,2,4,6-9,12H2,1,3H3,(H,13,14). The molecular weight excluding hydrogens is 192 g/mol. The van der Waals surface area contributed by atoms with Crippen LogP contribution in [0.4, 0.5) is 0 Å². The molecule has 0 aromatic rings. The van der Waals surface area contributed by atoms with Crippen molar-refractivity contribution in [2.24, 2.45) is 5.73 Å². The number of nitrogens with two attached hydrogens (primary N) is 1. The Hall–Kier alpha value is -1.03. The third kappa shape index (κ3) is 6.12. The van der Waals surface area contributed by atoms with Crippen LogP contribution >= 0.6 is 0 Å². The number of nitrogens with one attached hydrogen (secondary N) is 1. The Balaban J connectivity index is 3.68. The Morgan fingerprint density at radius 1 is 1.67 bits per heavy atom. The minimum absolute atomic E-state index is 0.0945. The van der Waals surface area contributed by atoms with E-state index in [4.69, 9.17) is 10.5 Å². The number of hydrogen-bond donors (Lipinski definition) is 2. The van der Waals surface area contributed by atoms with Crippen molar-refractivity contribution in [1.29, 1.82) is 0 Å². The van der Waals surface area contributed by atoms with Crippen molar-refractivity contribution < 1.29 is 9.53 Å². The lowest BCUT2D eigenvalue weighted by molar-refractivity contribution is -0.126. The fraction of sp³-hybridized carbons (Fsp3) is 0.727. The maximum absolute atomic E-state index is 11.6. The Kier molecular flexibility index (Phi) is 6.79. The normalized spacial score (nSPS) is 14.1. The number of carbonyl (C=O) groups excluding carboxylic acids is 1. The third-order valence-corrected chi connectivity index (χ3v) is 2.13. The molecule has 15 heavy (non-hydrogen) atoms. The largest absolute Gasteiger partial charge is 0.502 e. The monoisotopic (exact) mass is 214 g/mol. The number of hydrogen-bond acceptors (Lipinski definition) is 3. The molecule has 0 rings (SSSR count). The average Bonchev–Trinajstić information content (AvgIpc) is 2.17. The van der Waals surface area contributed by atoms with Crippen molar-refractivity contribution in [3.63, 3.8) is 0 Å². The van der Waals surface area contributed by atoms with E-state index in [1.807, 2.05) is 6.92 Å². The molecule has 0 aliphatic heterocycles. The zero-order chi connectivity index (χ0) is 11.7. The maximum atomic E-state index is 11.6. The van der Waals surface area contributed by atoms with Gasteiger partial charge in [0.2, 0.25) is 5.91 Å². The number of amides is 1. The fourth-order valence-corrected chi connectivity index (χ4v) is 1.28. The lowest BCUT2D eigenvalue weighted by Gasteiger charge is -2.22. The van der Waals surface area contributed by atoms with E-state index in [0.29, 0.717) is 19.6 Å². The first kappa shape index (κ1) is 14.0. The summed E-state index contributed by atoms with van der Waals surface area (Å²) in [6, 6.07) is 0. The first-order valence-corrected chi connectivity index (χ1v) is 5.34. The Morgan fingerprint density at radius 2 is 2.33 bits per heavy atom. The number of carbonyl (C=O) groups is 1. The molecule has 0 aliphatic carbocycles. The SMILES string of the molecule is C=COCCCNC(=O)C(C)(N)CCC. The zero-order valence-electron chi connectivity index (χ0n) is 9.71. The molecule has 0 bridgehead atoms. The molecule has 0 spiro atoms. The Labute approximate surface area is 91.9 Å². The molecule has 0 radical (unpaired) electrons. The van der Waals surface area contributed by atoms with Gasteiger partial charge in [0.1, 0.15) is 0 Å². The Morgan fingerprint density at radius 3 is 2.87 bits per heavy atom. The van der Waals surface area contributed by atoms with Gasteiger partial charge >= 0.3 is 0 Å². The summed E-state index contributed by atoms with van der Waals surface area (Å²) in [5, 5.41) is 2.79. The van der Waals surface area contributed by atoms with Gasteiger partial charge < -0.3 is 15.8 Å². The van der Waals surface area contributed by atoms with Crippen molar-refractivity contribution in [3.8, 4) is 0 Å². The lowest BCUT2D eigenvalue weighted by Crippen LogP contribution is -2.51. The molecule has 88 valence electrons. The molecule has 1 atom stereocenters. The van der Waals surface area contributed by atoms with Crippen LogP contribution in [0.1, 0.15) is 33.1 Å². The second-order valence-electron chi connectivity index (χ2n) is 3.81. The predicted octanol–water partition coefficient (Wildman–Crippen LogP) is 1.17. The van der Waals surface area contributed by atoms with Gasteiger partial charge in [-0.3, -0.25) is 4.79 Å². The van der Waals surface area contributed by atoms with Gasteiger partial charge in [0, 0.05) is 6.54 Å². The van der Waals surface area contributed by atoms with Crippen molar-refractivity contribution in [2.75, 3.05) is 13.2 Å². The molecule has 0 heterocycles. The molecular formula is C11H22N2O2. The van der Waals surface area contributed by atoms with Crippen LogP contribution in [0.2, 0.25) is 0 Å². The summed E-state index contributed by atoms with van der Waals surface area (Å²) in [5.41, 5.74) is 5.10. The van der Waals surface area contributed by atoms with Gasteiger partial charge in [-0.25, -0.2) is 0 Å². The highest BCUT2D eigenvalue weighted by Crippen LogP contribution is 2.07. The van der Waals surface area contributed by atoms with Gasteiger partial charge in [0.15, 0.2) is 0 Å². The summed E-state index contributed by atoms with van der Waals surface area (Å²) in [5.74, 6) is -0.0945. The summed E-state index contributed by atoms with van der Waals surface area (Å²) < 4.78 is 4.93. The molecule has 3 N–H and O–H groups in total. The molecule has 0 aliphatic rings. The fourth-order valence-electron chi connectivity index (χ4n) is 1.28. The van der Waals surface area contributed by atoms with E-state index < -0.39 is 5.54 Å². The topological polar surface area (TPSA) is 64.3 Å². The first-order chi connectivity index (χ1) is 7.04. The molecule has 0 saturated carbocycles. The molecule has 4 heteroatoms. The molecule has 1 amide bonds. The van der Waals surface area contributed by atoms with Crippen LogP contribution in [0.3, 0.4) is 0 Å². The van der Waals surface area contributed by atoms with E-state index in [0.717, 1.165) is 12.8 Å². The summed E-state index contributed by atoms with van der Waals surface area (Å²) in [7, 11) is 0. The van der Waals surface area contributed by atoms with Crippen LogP contribution in [0.15, 0.2) is 12.8 Å². The van der Waals surface area contributed by atoms with Crippen LogP contribution in [0.5, 0.6) is 0 Å². The van der Waals surface area contributed by atoms with Crippen LogP contribution < -0.4 is 11.1 Å². The molecule has 0 fully saturated rings. The number of ether oxygens (including phenoxy) is 1. The quantitative estimate of drug-likeness (QED) is 0.471. The van der Waals surface area contributed by atoms with Crippen LogP contribution in [-0.4, -0.2) is 24.6 Å². The third-order valence-electron chi connectivity index (χ3n) is 2.13. The summed E-state index contributed by atoms with van der Waals surface area (Å²) in [6.07, 6.45) is 3.76. The average molecular weight is 214 g/mol. The van der Waals surface area contributed by atoms with Crippen molar-refractivity contribution in [2.45, 2.75) is 38.6 Å². The molecule has 4 nitrogen and oxygen atoms in total. The Bertz CT molecular complexity index is 203. The number of rotatable bonds is 8. The van der Waals surface area contributed by atoms with E-state index in [2.05, 4.69) is 11.9 Å². The lowest BCUT2D eigenvalue weighted by atomic mass is 9.96. The van der Waals surface area contributed by atoms with Gasteiger partial charge in [-0.15, -0.1) is 0 Å². The molecule has 0 saturated heterocycles. The van der Waals surface area contributed by atoms with E-state index in [9.17, 15) is 4.79 Å². The van der Waals surface area contributed by atoms with Gasteiger partial charge in [-0.05, 0) is 19.8 Å². The van der Waals surface area contributed by atoms with Crippen LogP contribution in [0.25, 0.3) is 0 Å². The highest BCUT2D eigenvalue weighted by Gasteiger charge is 2.26. The van der Waals surface area contributed by atoms with E-state index >= 15 is 0 Å². The molecule has 0 aromatic carbocycles. The summed E-state index contributed by atoms with van der Waals surface area (Å²) in [4.78, 5) is 11.6. The van der Waals surface area contributed by atoms with Gasteiger partial charge in [0.25, 0.3) is 0 Å². The first-order valence-electron chi connectivity index (χ1n) is 5.34. The van der Waals surface area contributed by atoms with E-state index in [-0.39, 0.29) is 5.91 Å². The van der Waals surface area contributed by atoms with Gasteiger partial charge in [-0.1, -0.05) is 19.9 Å². The minimum Gasteiger partial charge on any atom is -0.502 e. The second-order valence-corrected chi connectivity index (χ2v) is 3.81. The minimum atomic E-state index is -0.756. The van der Waals surface area contributed by atoms with Gasteiger partial charge in [-0.2, -0.15) is 0 Å². The smallest absolute Gasteiger partial charge is 0.239 e. The molecule has 1 unspecified atom stereocenters. The van der Waals surface area contributed by atoms with E-state index in [1.165, 1.54) is 6.26 Å². The maximum Gasteiger partial charge on any atom is 0.239 e. The van der Waals surface area contributed by atoms with Crippen LogP contribution in [0, 0.1) is 0 Å². The second kappa shape index (κ2) is 7.29. The van der Waals surface area contributed by atoms with Crippen LogP contribution in [-0.2, 0) is 9.53 Å². The summed E-state index contributed by atoms with van der Waals surface area (Å²) in [6.45, 7) is 8.35.